The van der Waals surface area contributed by atoms with Crippen LogP contribution in [0.4, 0.5) is 0 Å². The van der Waals surface area contributed by atoms with Gasteiger partial charge in [-0.2, -0.15) is 0 Å². The zero-order valence-electron chi connectivity index (χ0n) is 13.6. The largest absolute Gasteiger partial charge is 0.347 e. The van der Waals surface area contributed by atoms with Crippen LogP contribution in [0.5, 0.6) is 0 Å². The van der Waals surface area contributed by atoms with Crippen LogP contribution in [0.25, 0.3) is 10.9 Å². The fourth-order valence-corrected chi connectivity index (χ4v) is 3.31. The summed E-state index contributed by atoms with van der Waals surface area (Å²) in [5, 5.41) is 12.6. The molecule has 0 spiro atoms. The molecule has 0 bridgehead atoms. The Balaban J connectivity index is 1.56. The van der Waals surface area contributed by atoms with Crippen molar-refractivity contribution in [1.29, 1.82) is 0 Å². The Labute approximate surface area is 139 Å². The minimum Gasteiger partial charge on any atom is -0.347 e. The summed E-state index contributed by atoms with van der Waals surface area (Å²) in [4.78, 5) is 17.1. The number of aromatic nitrogens is 4. The monoisotopic (exact) mass is 321 g/mol. The van der Waals surface area contributed by atoms with Crippen LogP contribution in [0.15, 0.2) is 36.5 Å². The second-order valence-electron chi connectivity index (χ2n) is 6.09. The topological polar surface area (TPSA) is 72.7 Å². The van der Waals surface area contributed by atoms with Crippen LogP contribution < -0.4 is 5.32 Å². The zero-order valence-corrected chi connectivity index (χ0v) is 13.6. The molecule has 1 amide bonds. The molecular weight excluding hydrogens is 302 g/mol. The molecule has 4 rings (SSSR count). The van der Waals surface area contributed by atoms with E-state index in [1.807, 2.05) is 30.3 Å². The molecule has 6 nitrogen and oxygen atoms in total. The van der Waals surface area contributed by atoms with Crippen LogP contribution >= 0.6 is 0 Å². The number of nitrogens with one attached hydrogen (secondary N) is 1. The molecule has 1 aliphatic rings. The number of benzene rings is 1. The lowest BCUT2D eigenvalue weighted by Crippen LogP contribution is -2.41. The van der Waals surface area contributed by atoms with Gasteiger partial charge in [0.25, 0.3) is 5.91 Å². The first-order chi connectivity index (χ1) is 11.8. The number of hydrogen-bond donors (Lipinski definition) is 1. The minimum atomic E-state index is -0.0705. The summed E-state index contributed by atoms with van der Waals surface area (Å²) >= 11 is 0. The van der Waals surface area contributed by atoms with Gasteiger partial charge in [0.05, 0.1) is 11.1 Å². The number of hydrogen-bond acceptors (Lipinski definition) is 4. The number of aryl methyl sites for hydroxylation is 2. The number of rotatable bonds is 3. The van der Waals surface area contributed by atoms with E-state index >= 15 is 0 Å². The van der Waals surface area contributed by atoms with Gasteiger partial charge in [-0.3, -0.25) is 9.78 Å². The second kappa shape index (κ2) is 6.03. The first-order valence-electron chi connectivity index (χ1n) is 8.32. The van der Waals surface area contributed by atoms with E-state index in [-0.39, 0.29) is 11.9 Å². The molecule has 3 aromatic rings. The van der Waals surface area contributed by atoms with Gasteiger partial charge in [-0.1, -0.05) is 25.1 Å². The third kappa shape index (κ3) is 2.54. The van der Waals surface area contributed by atoms with E-state index < -0.39 is 0 Å². The van der Waals surface area contributed by atoms with Gasteiger partial charge in [0.1, 0.15) is 11.6 Å². The van der Waals surface area contributed by atoms with Crippen molar-refractivity contribution < 1.29 is 4.79 Å². The highest BCUT2D eigenvalue weighted by Gasteiger charge is 2.24. The molecule has 3 heterocycles. The Morgan fingerprint density at radius 3 is 3.04 bits per heavy atom. The molecule has 1 aliphatic heterocycles. The summed E-state index contributed by atoms with van der Waals surface area (Å²) < 4.78 is 2.13. The molecular formula is C18H19N5O. The maximum Gasteiger partial charge on any atom is 0.253 e. The first kappa shape index (κ1) is 14.8. The fourth-order valence-electron chi connectivity index (χ4n) is 3.31. The normalized spacial score (nSPS) is 16.8. The molecule has 1 N–H and O–H groups in total. The number of amides is 1. The summed E-state index contributed by atoms with van der Waals surface area (Å²) in [6.07, 6.45) is 4.29. The predicted octanol–water partition coefficient (Wildman–Crippen LogP) is 2.13. The molecule has 24 heavy (non-hydrogen) atoms. The van der Waals surface area contributed by atoms with Gasteiger partial charge in [0.2, 0.25) is 0 Å². The van der Waals surface area contributed by atoms with E-state index in [0.717, 1.165) is 48.4 Å². The third-order valence-corrected chi connectivity index (χ3v) is 4.55. The van der Waals surface area contributed by atoms with Crippen molar-refractivity contribution in [2.45, 2.75) is 38.8 Å². The molecule has 1 atom stereocenters. The summed E-state index contributed by atoms with van der Waals surface area (Å²) in [7, 11) is 0. The summed E-state index contributed by atoms with van der Waals surface area (Å²) in [6, 6.07) is 9.63. The molecule has 0 radical (unpaired) electrons. The second-order valence-corrected chi connectivity index (χ2v) is 6.09. The number of carbonyl (C=O) groups excluding carboxylic acids is 1. The molecule has 1 aromatic carbocycles. The molecule has 0 saturated heterocycles. The molecule has 0 saturated carbocycles. The van der Waals surface area contributed by atoms with E-state index in [0.29, 0.717) is 5.56 Å². The smallest absolute Gasteiger partial charge is 0.253 e. The Bertz CT molecular complexity index is 883. The predicted molar refractivity (Wildman–Crippen MR) is 90.7 cm³/mol. The van der Waals surface area contributed by atoms with Gasteiger partial charge in [-0.25, -0.2) is 0 Å². The van der Waals surface area contributed by atoms with Gasteiger partial charge < -0.3 is 9.88 Å². The highest BCUT2D eigenvalue weighted by atomic mass is 16.1. The molecule has 122 valence electrons. The van der Waals surface area contributed by atoms with Crippen molar-refractivity contribution in [1.82, 2.24) is 25.1 Å². The van der Waals surface area contributed by atoms with E-state index in [9.17, 15) is 4.79 Å². The van der Waals surface area contributed by atoms with Crippen molar-refractivity contribution in [3.63, 3.8) is 0 Å². The number of carbonyl (C=O) groups is 1. The first-order valence-corrected chi connectivity index (χ1v) is 8.32. The van der Waals surface area contributed by atoms with Crippen LogP contribution in [-0.4, -0.2) is 31.7 Å². The lowest BCUT2D eigenvalue weighted by Gasteiger charge is -2.25. The maximum atomic E-state index is 12.7. The molecule has 6 heteroatoms. The van der Waals surface area contributed by atoms with E-state index in [2.05, 4.69) is 32.0 Å². The number of pyridine rings is 1. The fraction of sp³-hybridized carbons (Fsp3) is 0.333. The minimum absolute atomic E-state index is 0.0705. The van der Waals surface area contributed by atoms with Crippen LogP contribution in [0.2, 0.25) is 0 Å². The number of fused-ring (bicyclic) bond motifs is 2. The highest BCUT2D eigenvalue weighted by Crippen LogP contribution is 2.18. The van der Waals surface area contributed by atoms with Crippen LogP contribution in [0.3, 0.4) is 0 Å². The quantitative estimate of drug-likeness (QED) is 0.802. The van der Waals surface area contributed by atoms with Crippen LogP contribution in [0.1, 0.15) is 35.4 Å². The molecule has 0 fully saturated rings. The van der Waals surface area contributed by atoms with Crippen LogP contribution in [0, 0.1) is 0 Å². The zero-order chi connectivity index (χ0) is 16.5. The van der Waals surface area contributed by atoms with Gasteiger partial charge in [0.15, 0.2) is 0 Å². The Kier molecular flexibility index (Phi) is 3.72. The Hall–Kier alpha value is -2.76. The molecule has 0 aliphatic carbocycles. The molecule has 0 unspecified atom stereocenters. The average molecular weight is 321 g/mol. The van der Waals surface area contributed by atoms with Crippen molar-refractivity contribution in [2.75, 3.05) is 0 Å². The van der Waals surface area contributed by atoms with Gasteiger partial charge in [0, 0.05) is 37.0 Å². The van der Waals surface area contributed by atoms with Gasteiger partial charge in [-0.15, -0.1) is 10.2 Å². The van der Waals surface area contributed by atoms with E-state index in [1.165, 1.54) is 0 Å². The van der Waals surface area contributed by atoms with Crippen LogP contribution in [-0.2, 0) is 19.4 Å². The highest BCUT2D eigenvalue weighted by molar-refractivity contribution is 6.05. The summed E-state index contributed by atoms with van der Waals surface area (Å²) in [5.74, 6) is 1.93. The van der Waals surface area contributed by atoms with Gasteiger partial charge in [-0.05, 0) is 18.6 Å². The van der Waals surface area contributed by atoms with Crippen molar-refractivity contribution in [3.8, 4) is 0 Å². The third-order valence-electron chi connectivity index (χ3n) is 4.55. The number of para-hydroxylation sites is 1. The standard InChI is InChI=1S/C18H19N5O/c1-2-15-21-22-16-9-8-13(11-23(15)16)20-18(24)14-7-3-5-12-6-4-10-19-17(12)14/h3-7,10,13H,2,8-9,11H2,1H3,(H,20,24)/t13-/m1/s1. The van der Waals surface area contributed by atoms with Crippen molar-refractivity contribution in [2.24, 2.45) is 0 Å². The van der Waals surface area contributed by atoms with E-state index in [1.54, 1.807) is 6.20 Å². The average Bonchev–Trinajstić information content (AvgIpc) is 3.03. The van der Waals surface area contributed by atoms with Gasteiger partial charge >= 0.3 is 0 Å². The lowest BCUT2D eigenvalue weighted by molar-refractivity contribution is 0.0928. The Morgan fingerprint density at radius 1 is 1.29 bits per heavy atom. The lowest BCUT2D eigenvalue weighted by atomic mass is 10.0. The SMILES string of the molecule is CCc1nnc2n1C[C@H](NC(=O)c1cccc3cccnc13)CC2. The Morgan fingerprint density at radius 2 is 2.17 bits per heavy atom. The summed E-state index contributed by atoms with van der Waals surface area (Å²) in [5.41, 5.74) is 1.37. The molecule has 2 aromatic heterocycles. The number of nitrogens with zero attached hydrogens (tertiary/aromatic N) is 4. The van der Waals surface area contributed by atoms with Crippen molar-refractivity contribution in [3.05, 3.63) is 53.7 Å². The maximum absolute atomic E-state index is 12.7. The van der Waals surface area contributed by atoms with E-state index in [4.69, 9.17) is 0 Å². The van der Waals surface area contributed by atoms with Crippen molar-refractivity contribution >= 4 is 16.8 Å². The summed E-state index contributed by atoms with van der Waals surface area (Å²) in [6.45, 7) is 2.80.